The molecule has 0 radical (unpaired) electrons. The van der Waals surface area contributed by atoms with Crippen LogP contribution >= 0.6 is 0 Å². The van der Waals surface area contributed by atoms with E-state index in [4.69, 9.17) is 4.74 Å². The second-order valence-electron chi connectivity index (χ2n) is 6.40. The summed E-state index contributed by atoms with van der Waals surface area (Å²) in [5.41, 5.74) is 1.26. The molecule has 160 valence electrons. The molecular weight excluding hydrogens is 398 g/mol. The van der Waals surface area contributed by atoms with Gasteiger partial charge in [0, 0.05) is 25.7 Å². The van der Waals surface area contributed by atoms with Gasteiger partial charge in [-0.25, -0.2) is 0 Å². The third kappa shape index (κ3) is 5.41. The quantitative estimate of drug-likeness (QED) is 0.696. The van der Waals surface area contributed by atoms with Gasteiger partial charge in [-0.05, 0) is 30.7 Å². The lowest BCUT2D eigenvalue weighted by molar-refractivity contribution is -0.111. The van der Waals surface area contributed by atoms with Crippen molar-refractivity contribution in [3.05, 3.63) is 47.8 Å². The zero-order valence-corrected chi connectivity index (χ0v) is 16.4. The Labute approximate surface area is 172 Å². The number of halogens is 2. The highest BCUT2D eigenvalue weighted by molar-refractivity contribution is 6.06. The van der Waals surface area contributed by atoms with Gasteiger partial charge in [-0.3, -0.25) is 14.3 Å². The van der Waals surface area contributed by atoms with E-state index in [0.717, 1.165) is 0 Å². The number of ether oxygens (including phenoxy) is 2. The predicted molar refractivity (Wildman–Crippen MR) is 105 cm³/mol. The van der Waals surface area contributed by atoms with Crippen LogP contribution in [0.25, 0.3) is 6.08 Å². The zero-order valence-electron chi connectivity index (χ0n) is 16.4. The highest BCUT2D eigenvalue weighted by atomic mass is 19.3. The minimum absolute atomic E-state index is 0.0323. The molecule has 0 atom stereocenters. The van der Waals surface area contributed by atoms with E-state index in [9.17, 15) is 18.4 Å². The average Bonchev–Trinajstić information content (AvgIpc) is 3.15. The second-order valence-corrected chi connectivity index (χ2v) is 6.40. The molecule has 0 unspecified atom stereocenters. The molecule has 2 heterocycles. The summed E-state index contributed by atoms with van der Waals surface area (Å²) in [5.74, 6) is -0.633. The topological polar surface area (TPSA) is 85.7 Å². The number of carbonyl (C=O) groups is 2. The van der Waals surface area contributed by atoms with Crippen molar-refractivity contribution in [1.29, 1.82) is 0 Å². The number of hydrogen-bond acceptors (Lipinski definition) is 5. The van der Waals surface area contributed by atoms with Crippen molar-refractivity contribution in [3.63, 3.8) is 0 Å². The molecule has 30 heavy (non-hydrogen) atoms. The first kappa shape index (κ1) is 21.4. The Balaban J connectivity index is 1.68. The summed E-state index contributed by atoms with van der Waals surface area (Å²) >= 11 is 0. The Hall–Kier alpha value is -3.27. The van der Waals surface area contributed by atoms with E-state index in [1.165, 1.54) is 30.5 Å². The molecule has 1 aromatic carbocycles. The lowest BCUT2D eigenvalue weighted by Gasteiger charge is -2.27. The van der Waals surface area contributed by atoms with Crippen LogP contribution in [-0.4, -0.2) is 59.4 Å². The van der Waals surface area contributed by atoms with Gasteiger partial charge in [0.2, 0.25) is 5.91 Å². The van der Waals surface area contributed by atoms with Crippen LogP contribution in [0.1, 0.15) is 23.0 Å². The fourth-order valence-corrected chi connectivity index (χ4v) is 2.97. The fraction of sp³-hybridized carbons (Fsp3) is 0.350. The number of hydrogen-bond donors (Lipinski definition) is 1. The standard InChI is InChI=1S/C20H22F2N4O4/c1-2-26-18(19(28)25-9-11-29-12-10-25)16(13-23-26)24-17(27)8-5-14-3-6-15(7-4-14)30-20(21)22/h3-8,13,20H,2,9-12H2,1H3,(H,24,27)/b8-5-. The van der Waals surface area contributed by atoms with Crippen LogP contribution in [0.5, 0.6) is 5.75 Å². The zero-order chi connectivity index (χ0) is 21.5. The van der Waals surface area contributed by atoms with E-state index in [-0.39, 0.29) is 11.7 Å². The molecule has 3 rings (SSSR count). The van der Waals surface area contributed by atoms with Crippen LogP contribution in [0.2, 0.25) is 0 Å². The summed E-state index contributed by atoms with van der Waals surface area (Å²) in [6.07, 6.45) is 4.25. The van der Waals surface area contributed by atoms with Gasteiger partial charge in [0.25, 0.3) is 5.91 Å². The van der Waals surface area contributed by atoms with Crippen LogP contribution in [0, 0.1) is 0 Å². The normalized spacial score (nSPS) is 14.3. The van der Waals surface area contributed by atoms with Crippen molar-refractivity contribution in [2.75, 3.05) is 31.6 Å². The Morgan fingerprint density at radius 1 is 1.27 bits per heavy atom. The summed E-state index contributed by atoms with van der Waals surface area (Å²) in [4.78, 5) is 26.9. The van der Waals surface area contributed by atoms with Gasteiger partial charge in [0.15, 0.2) is 0 Å². The summed E-state index contributed by atoms with van der Waals surface area (Å²) in [7, 11) is 0. The number of anilines is 1. The molecule has 1 N–H and O–H groups in total. The first-order valence-corrected chi connectivity index (χ1v) is 9.44. The van der Waals surface area contributed by atoms with E-state index in [0.29, 0.717) is 49.8 Å². The van der Waals surface area contributed by atoms with E-state index >= 15 is 0 Å². The number of amides is 2. The van der Waals surface area contributed by atoms with Crippen LogP contribution in [0.3, 0.4) is 0 Å². The van der Waals surface area contributed by atoms with Gasteiger partial charge in [0.05, 0.1) is 25.1 Å². The molecule has 1 fully saturated rings. The maximum atomic E-state index is 12.9. The maximum absolute atomic E-state index is 12.9. The second kappa shape index (κ2) is 9.97. The Morgan fingerprint density at radius 3 is 2.60 bits per heavy atom. The summed E-state index contributed by atoms with van der Waals surface area (Å²) in [6, 6.07) is 5.86. The largest absolute Gasteiger partial charge is 0.435 e. The summed E-state index contributed by atoms with van der Waals surface area (Å²) in [5, 5.41) is 6.86. The highest BCUT2D eigenvalue weighted by Crippen LogP contribution is 2.19. The molecule has 10 heteroatoms. The predicted octanol–water partition coefficient (Wildman–Crippen LogP) is 2.63. The van der Waals surface area contributed by atoms with Crippen molar-refractivity contribution in [2.24, 2.45) is 0 Å². The van der Waals surface area contributed by atoms with E-state index in [2.05, 4.69) is 15.2 Å². The summed E-state index contributed by atoms with van der Waals surface area (Å²) in [6.45, 7) is 1.34. The number of nitrogens with one attached hydrogen (secondary N) is 1. The molecule has 0 spiro atoms. The molecular formula is C20H22F2N4O4. The Bertz CT molecular complexity index is 906. The first-order valence-electron chi connectivity index (χ1n) is 9.44. The lowest BCUT2D eigenvalue weighted by Crippen LogP contribution is -2.41. The molecule has 1 aromatic heterocycles. The van der Waals surface area contributed by atoms with E-state index in [1.807, 2.05) is 6.92 Å². The van der Waals surface area contributed by atoms with Crippen LogP contribution in [0.4, 0.5) is 14.5 Å². The third-order valence-electron chi connectivity index (χ3n) is 4.43. The molecule has 1 saturated heterocycles. The number of alkyl halides is 2. The monoisotopic (exact) mass is 420 g/mol. The van der Waals surface area contributed by atoms with Crippen LogP contribution in [-0.2, 0) is 16.1 Å². The van der Waals surface area contributed by atoms with Gasteiger partial charge < -0.3 is 19.7 Å². The Morgan fingerprint density at radius 2 is 1.97 bits per heavy atom. The maximum Gasteiger partial charge on any atom is 0.387 e. The van der Waals surface area contributed by atoms with Gasteiger partial charge in [-0.2, -0.15) is 13.9 Å². The molecule has 0 saturated carbocycles. The van der Waals surface area contributed by atoms with Crippen molar-refractivity contribution < 1.29 is 27.8 Å². The van der Waals surface area contributed by atoms with Crippen molar-refractivity contribution in [3.8, 4) is 5.75 Å². The highest BCUT2D eigenvalue weighted by Gasteiger charge is 2.25. The number of aromatic nitrogens is 2. The Kier molecular flexibility index (Phi) is 7.12. The lowest BCUT2D eigenvalue weighted by atomic mass is 10.2. The van der Waals surface area contributed by atoms with E-state index < -0.39 is 12.5 Å². The first-order chi connectivity index (χ1) is 14.5. The van der Waals surface area contributed by atoms with Gasteiger partial charge in [0.1, 0.15) is 11.4 Å². The van der Waals surface area contributed by atoms with E-state index in [1.54, 1.807) is 21.7 Å². The number of benzene rings is 1. The molecule has 0 aliphatic carbocycles. The molecule has 0 bridgehead atoms. The van der Waals surface area contributed by atoms with Crippen molar-refractivity contribution in [2.45, 2.75) is 20.1 Å². The number of nitrogens with zero attached hydrogens (tertiary/aromatic N) is 3. The minimum atomic E-state index is -2.89. The molecule has 1 aliphatic heterocycles. The van der Waals surface area contributed by atoms with Gasteiger partial charge in [-0.1, -0.05) is 12.1 Å². The number of morpholine rings is 1. The smallest absolute Gasteiger partial charge is 0.387 e. The number of rotatable bonds is 7. The molecule has 1 aliphatic rings. The summed E-state index contributed by atoms with van der Waals surface area (Å²) < 4.78 is 35.5. The minimum Gasteiger partial charge on any atom is -0.435 e. The van der Waals surface area contributed by atoms with Crippen molar-refractivity contribution >= 4 is 23.6 Å². The van der Waals surface area contributed by atoms with Crippen LogP contribution < -0.4 is 10.1 Å². The number of carbonyl (C=O) groups excluding carboxylic acids is 2. The fourth-order valence-electron chi connectivity index (χ4n) is 2.97. The van der Waals surface area contributed by atoms with Gasteiger partial charge >= 0.3 is 6.61 Å². The number of aryl methyl sites for hydroxylation is 1. The molecule has 8 nitrogen and oxygen atoms in total. The SMILES string of the molecule is CCn1ncc(NC(=O)/C=C\c2ccc(OC(F)F)cc2)c1C(=O)N1CCOCC1. The van der Waals surface area contributed by atoms with Crippen LogP contribution in [0.15, 0.2) is 36.5 Å². The molecule has 2 aromatic rings. The van der Waals surface area contributed by atoms with Gasteiger partial charge in [-0.15, -0.1) is 0 Å². The average molecular weight is 420 g/mol. The third-order valence-corrected chi connectivity index (χ3v) is 4.43. The van der Waals surface area contributed by atoms with Crippen molar-refractivity contribution in [1.82, 2.24) is 14.7 Å². The molecule has 2 amide bonds.